The second-order valence-corrected chi connectivity index (χ2v) is 8.25. The molecule has 2 aromatic heterocycles. The minimum absolute atomic E-state index is 0.143. The summed E-state index contributed by atoms with van der Waals surface area (Å²) in [4.78, 5) is 20.3. The molecule has 0 aliphatic carbocycles. The highest BCUT2D eigenvalue weighted by atomic mass is 35.5. The minimum Gasteiger partial charge on any atom is -0.353 e. The highest BCUT2D eigenvalue weighted by Crippen LogP contribution is 2.33. The standard InChI is InChI=1S/C27H18ClF2N3O/c28-18-8-5-16(6-9-18)7-10-25(34)31-15-21-14-23-22-3-1-2-4-24(22)33-27(23)26(32-21)17-11-19(29)13-20(30)12-17/h1-14,33H,15H2,(H,31,34)/b10-7+. The highest BCUT2D eigenvalue weighted by Gasteiger charge is 2.15. The number of pyridine rings is 1. The van der Waals surface area contributed by atoms with E-state index in [2.05, 4.69) is 15.3 Å². The van der Waals surface area contributed by atoms with Gasteiger partial charge in [-0.25, -0.2) is 13.8 Å². The summed E-state index contributed by atoms with van der Waals surface area (Å²) >= 11 is 5.88. The molecule has 34 heavy (non-hydrogen) atoms. The molecule has 0 spiro atoms. The van der Waals surface area contributed by atoms with E-state index < -0.39 is 11.6 Å². The maximum Gasteiger partial charge on any atom is 0.244 e. The van der Waals surface area contributed by atoms with Crippen LogP contribution >= 0.6 is 11.6 Å². The molecule has 0 bridgehead atoms. The van der Waals surface area contributed by atoms with Crippen LogP contribution < -0.4 is 5.32 Å². The number of hydrogen-bond acceptors (Lipinski definition) is 2. The Kier molecular flexibility index (Phi) is 5.82. The molecule has 0 saturated heterocycles. The predicted molar refractivity (Wildman–Crippen MR) is 131 cm³/mol. The Morgan fingerprint density at radius 1 is 0.971 bits per heavy atom. The molecule has 3 aromatic carbocycles. The van der Waals surface area contributed by atoms with Crippen molar-refractivity contribution in [3.05, 3.63) is 107 Å². The number of rotatable bonds is 5. The summed E-state index contributed by atoms with van der Waals surface area (Å²) in [5.74, 6) is -1.67. The third-order valence-corrected chi connectivity index (χ3v) is 5.68. The second kappa shape index (κ2) is 9.08. The highest BCUT2D eigenvalue weighted by molar-refractivity contribution is 6.30. The number of benzene rings is 3. The van der Waals surface area contributed by atoms with Gasteiger partial charge in [-0.2, -0.15) is 0 Å². The lowest BCUT2D eigenvalue weighted by Gasteiger charge is -2.09. The number of carbonyl (C=O) groups excluding carboxylic acids is 1. The van der Waals surface area contributed by atoms with Gasteiger partial charge < -0.3 is 10.3 Å². The van der Waals surface area contributed by atoms with E-state index in [9.17, 15) is 13.6 Å². The van der Waals surface area contributed by atoms with Crippen LogP contribution in [0.2, 0.25) is 5.02 Å². The van der Waals surface area contributed by atoms with Crippen LogP contribution in [0.5, 0.6) is 0 Å². The number of H-pyrrole nitrogens is 1. The van der Waals surface area contributed by atoms with Crippen molar-refractivity contribution in [3.63, 3.8) is 0 Å². The number of nitrogens with zero attached hydrogens (tertiary/aromatic N) is 1. The second-order valence-electron chi connectivity index (χ2n) is 7.82. The Bertz CT molecular complexity index is 1540. The molecular weight excluding hydrogens is 456 g/mol. The SMILES string of the molecule is O=C(/C=C/c1ccc(Cl)cc1)NCc1cc2c([nH]c3ccccc32)c(-c2cc(F)cc(F)c2)n1. The summed E-state index contributed by atoms with van der Waals surface area (Å²) in [6.45, 7) is 0.143. The lowest BCUT2D eigenvalue weighted by molar-refractivity contribution is -0.116. The Hall–Kier alpha value is -4.03. The molecule has 0 aliphatic heterocycles. The van der Waals surface area contributed by atoms with Gasteiger partial charge in [-0.1, -0.05) is 41.9 Å². The quantitative estimate of drug-likeness (QED) is 0.281. The van der Waals surface area contributed by atoms with Crippen LogP contribution in [0.15, 0.2) is 78.9 Å². The zero-order chi connectivity index (χ0) is 23.7. The molecule has 0 atom stereocenters. The van der Waals surface area contributed by atoms with Gasteiger partial charge in [0, 0.05) is 39.0 Å². The van der Waals surface area contributed by atoms with E-state index in [1.54, 1.807) is 18.2 Å². The van der Waals surface area contributed by atoms with Gasteiger partial charge in [0.1, 0.15) is 11.6 Å². The Morgan fingerprint density at radius 2 is 1.71 bits per heavy atom. The number of amides is 1. The number of fused-ring (bicyclic) bond motifs is 3. The molecule has 1 amide bonds. The van der Waals surface area contributed by atoms with Crippen molar-refractivity contribution in [2.45, 2.75) is 6.54 Å². The van der Waals surface area contributed by atoms with Crippen LogP contribution in [0.4, 0.5) is 8.78 Å². The van der Waals surface area contributed by atoms with Gasteiger partial charge in [0.05, 0.1) is 23.4 Å². The maximum atomic E-state index is 14.0. The van der Waals surface area contributed by atoms with Gasteiger partial charge in [-0.3, -0.25) is 4.79 Å². The van der Waals surface area contributed by atoms with E-state index in [-0.39, 0.29) is 12.5 Å². The molecule has 0 fully saturated rings. The third-order valence-electron chi connectivity index (χ3n) is 5.43. The number of aromatic nitrogens is 2. The van der Waals surface area contributed by atoms with Gasteiger partial charge >= 0.3 is 0 Å². The normalized spacial score (nSPS) is 11.5. The molecule has 0 aliphatic rings. The van der Waals surface area contributed by atoms with Crippen LogP contribution in [0.3, 0.4) is 0 Å². The summed E-state index contributed by atoms with van der Waals surface area (Å²) in [7, 11) is 0. The summed E-state index contributed by atoms with van der Waals surface area (Å²) in [6, 6.07) is 20.0. The Morgan fingerprint density at radius 3 is 2.47 bits per heavy atom. The van der Waals surface area contributed by atoms with Gasteiger partial charge in [-0.05, 0) is 48.0 Å². The van der Waals surface area contributed by atoms with E-state index in [1.165, 1.54) is 18.2 Å². The van der Waals surface area contributed by atoms with E-state index in [0.29, 0.717) is 27.5 Å². The first-order chi connectivity index (χ1) is 16.5. The fourth-order valence-corrected chi connectivity index (χ4v) is 4.00. The lowest BCUT2D eigenvalue weighted by atomic mass is 10.1. The number of carbonyl (C=O) groups is 1. The summed E-state index contributed by atoms with van der Waals surface area (Å²) in [5, 5.41) is 5.24. The van der Waals surface area contributed by atoms with Crippen molar-refractivity contribution in [1.82, 2.24) is 15.3 Å². The van der Waals surface area contributed by atoms with Crippen molar-refractivity contribution in [1.29, 1.82) is 0 Å². The first-order valence-electron chi connectivity index (χ1n) is 10.5. The molecule has 168 valence electrons. The van der Waals surface area contributed by atoms with E-state index >= 15 is 0 Å². The fourth-order valence-electron chi connectivity index (χ4n) is 3.87. The van der Waals surface area contributed by atoms with Crippen molar-refractivity contribution >= 4 is 45.4 Å². The monoisotopic (exact) mass is 473 g/mol. The molecule has 4 nitrogen and oxygen atoms in total. The first kappa shape index (κ1) is 21.8. The molecule has 7 heteroatoms. The van der Waals surface area contributed by atoms with Crippen LogP contribution in [-0.4, -0.2) is 15.9 Å². The smallest absolute Gasteiger partial charge is 0.244 e. The number of aromatic amines is 1. The van der Waals surface area contributed by atoms with E-state index in [4.69, 9.17) is 11.6 Å². The summed E-state index contributed by atoms with van der Waals surface area (Å²) in [5.41, 5.74) is 3.67. The van der Waals surface area contributed by atoms with E-state index in [1.807, 2.05) is 42.5 Å². The minimum atomic E-state index is -0.688. The molecule has 5 aromatic rings. The average molecular weight is 474 g/mol. The average Bonchev–Trinajstić information content (AvgIpc) is 3.20. The van der Waals surface area contributed by atoms with Crippen molar-refractivity contribution < 1.29 is 13.6 Å². The Labute approximate surface area is 198 Å². The maximum absolute atomic E-state index is 14.0. The summed E-state index contributed by atoms with van der Waals surface area (Å²) < 4.78 is 27.9. The van der Waals surface area contributed by atoms with Crippen molar-refractivity contribution in [3.8, 4) is 11.3 Å². The van der Waals surface area contributed by atoms with Crippen LogP contribution in [0.1, 0.15) is 11.3 Å². The van der Waals surface area contributed by atoms with Gasteiger partial charge in [-0.15, -0.1) is 0 Å². The molecular formula is C27H18ClF2N3O. The first-order valence-corrected chi connectivity index (χ1v) is 10.9. The summed E-state index contributed by atoms with van der Waals surface area (Å²) in [6.07, 6.45) is 3.11. The molecule has 0 unspecified atom stereocenters. The van der Waals surface area contributed by atoms with Gasteiger partial charge in [0.15, 0.2) is 0 Å². The van der Waals surface area contributed by atoms with Gasteiger partial charge in [0.25, 0.3) is 0 Å². The molecule has 0 radical (unpaired) electrons. The lowest BCUT2D eigenvalue weighted by Crippen LogP contribution is -2.21. The van der Waals surface area contributed by atoms with Crippen LogP contribution in [-0.2, 0) is 11.3 Å². The number of hydrogen-bond donors (Lipinski definition) is 2. The van der Waals surface area contributed by atoms with Gasteiger partial charge in [0.2, 0.25) is 5.91 Å². The Balaban J connectivity index is 1.49. The largest absolute Gasteiger partial charge is 0.353 e. The van der Waals surface area contributed by atoms with Crippen LogP contribution in [0, 0.1) is 11.6 Å². The predicted octanol–water partition coefficient (Wildman–Crippen LogP) is 6.64. The molecule has 2 N–H and O–H groups in total. The zero-order valence-corrected chi connectivity index (χ0v) is 18.5. The number of para-hydroxylation sites is 1. The van der Waals surface area contributed by atoms with Crippen molar-refractivity contribution in [2.75, 3.05) is 0 Å². The number of halogens is 3. The molecule has 2 heterocycles. The van der Waals surface area contributed by atoms with Crippen LogP contribution in [0.25, 0.3) is 39.1 Å². The molecule has 5 rings (SSSR count). The fraction of sp³-hybridized carbons (Fsp3) is 0.0370. The topological polar surface area (TPSA) is 57.8 Å². The number of nitrogens with one attached hydrogen (secondary N) is 2. The third kappa shape index (κ3) is 4.54. The van der Waals surface area contributed by atoms with E-state index in [0.717, 1.165) is 27.9 Å². The molecule has 0 saturated carbocycles. The zero-order valence-electron chi connectivity index (χ0n) is 17.8. The van der Waals surface area contributed by atoms with Crippen molar-refractivity contribution in [2.24, 2.45) is 0 Å².